The first-order valence-corrected chi connectivity index (χ1v) is 6.59. The standard InChI is InChI=1S/C12H17FN6O2/c1-18(2)10-9-11(17-12(14)16-10)19(5-15-9)8-3-6(13)7(4-20)21-8/h5-8,20H,3-4H2,1-2H3,(H2,14,16,17)/t6-,7+,8?/m0/s1. The molecule has 1 unspecified atom stereocenters. The van der Waals surface area contributed by atoms with Gasteiger partial charge in [0.2, 0.25) is 5.95 Å². The topological polar surface area (TPSA) is 102 Å². The minimum absolute atomic E-state index is 0.112. The number of fused-ring (bicyclic) bond motifs is 1. The second kappa shape index (κ2) is 5.08. The fourth-order valence-corrected chi connectivity index (χ4v) is 2.46. The lowest BCUT2D eigenvalue weighted by Crippen LogP contribution is -2.21. The third-order valence-electron chi connectivity index (χ3n) is 3.50. The Hall–Kier alpha value is -2.00. The minimum atomic E-state index is -1.22. The molecular weight excluding hydrogens is 279 g/mol. The fourth-order valence-electron chi connectivity index (χ4n) is 2.46. The minimum Gasteiger partial charge on any atom is -0.394 e. The summed E-state index contributed by atoms with van der Waals surface area (Å²) in [5.74, 6) is 0.700. The zero-order valence-electron chi connectivity index (χ0n) is 11.8. The predicted molar refractivity (Wildman–Crippen MR) is 74.6 cm³/mol. The van der Waals surface area contributed by atoms with E-state index in [1.807, 2.05) is 14.1 Å². The van der Waals surface area contributed by atoms with Crippen molar-refractivity contribution in [3.05, 3.63) is 6.33 Å². The van der Waals surface area contributed by atoms with Crippen molar-refractivity contribution >= 4 is 22.9 Å². The fraction of sp³-hybridized carbons (Fsp3) is 0.583. The highest BCUT2D eigenvalue weighted by atomic mass is 19.1. The third kappa shape index (κ3) is 2.28. The maximum absolute atomic E-state index is 13.7. The van der Waals surface area contributed by atoms with Crippen LogP contribution in [0.2, 0.25) is 0 Å². The van der Waals surface area contributed by atoms with Crippen LogP contribution in [-0.2, 0) is 4.74 Å². The van der Waals surface area contributed by atoms with Crippen LogP contribution in [0.25, 0.3) is 11.2 Å². The quantitative estimate of drug-likeness (QED) is 0.827. The molecule has 0 radical (unpaired) electrons. The van der Waals surface area contributed by atoms with E-state index in [0.717, 1.165) is 0 Å². The number of nitrogens with zero attached hydrogens (tertiary/aromatic N) is 5. The molecule has 1 fully saturated rings. The zero-order chi connectivity index (χ0) is 15.1. The van der Waals surface area contributed by atoms with Gasteiger partial charge in [0, 0.05) is 20.5 Å². The summed E-state index contributed by atoms with van der Waals surface area (Å²) in [5.41, 5.74) is 6.78. The molecule has 0 spiro atoms. The number of aliphatic hydroxyl groups is 1. The van der Waals surface area contributed by atoms with E-state index in [-0.39, 0.29) is 19.0 Å². The predicted octanol–water partition coefficient (Wildman–Crippen LogP) is 0.0924. The van der Waals surface area contributed by atoms with Crippen LogP contribution in [0.3, 0.4) is 0 Å². The lowest BCUT2D eigenvalue weighted by atomic mass is 10.2. The van der Waals surface area contributed by atoms with E-state index < -0.39 is 18.5 Å². The highest BCUT2D eigenvalue weighted by molar-refractivity contribution is 5.84. The summed E-state index contributed by atoms with van der Waals surface area (Å²) >= 11 is 0. The van der Waals surface area contributed by atoms with E-state index in [1.54, 1.807) is 9.47 Å². The second-order valence-electron chi connectivity index (χ2n) is 5.19. The molecule has 9 heteroatoms. The maximum atomic E-state index is 13.7. The van der Waals surface area contributed by atoms with Gasteiger partial charge in [-0.25, -0.2) is 9.37 Å². The van der Waals surface area contributed by atoms with Crippen molar-refractivity contribution in [2.45, 2.75) is 24.9 Å². The number of rotatable bonds is 3. The molecule has 3 rings (SSSR count). The van der Waals surface area contributed by atoms with E-state index in [9.17, 15) is 4.39 Å². The number of nitrogen functional groups attached to an aromatic ring is 1. The van der Waals surface area contributed by atoms with Gasteiger partial charge in [-0.2, -0.15) is 9.97 Å². The average Bonchev–Trinajstić information content (AvgIpc) is 3.00. The smallest absolute Gasteiger partial charge is 0.224 e. The summed E-state index contributed by atoms with van der Waals surface area (Å²) in [4.78, 5) is 14.4. The van der Waals surface area contributed by atoms with Crippen LogP contribution in [0.4, 0.5) is 16.2 Å². The van der Waals surface area contributed by atoms with Crippen LogP contribution < -0.4 is 10.6 Å². The summed E-state index contributed by atoms with van der Waals surface area (Å²) in [5, 5.41) is 9.08. The number of ether oxygens (including phenoxy) is 1. The number of anilines is 2. The SMILES string of the molecule is CN(C)c1nc(N)nc2c1ncn2C1C[C@H](F)[C@@H](CO)O1. The Morgan fingerprint density at radius 2 is 2.29 bits per heavy atom. The molecule has 2 aromatic rings. The molecule has 0 aliphatic carbocycles. The van der Waals surface area contributed by atoms with Gasteiger partial charge in [-0.3, -0.25) is 4.57 Å². The molecule has 21 heavy (non-hydrogen) atoms. The van der Waals surface area contributed by atoms with E-state index in [0.29, 0.717) is 17.0 Å². The van der Waals surface area contributed by atoms with Crippen LogP contribution in [0.5, 0.6) is 0 Å². The number of aromatic nitrogens is 4. The van der Waals surface area contributed by atoms with Crippen molar-refractivity contribution in [2.24, 2.45) is 0 Å². The lowest BCUT2D eigenvalue weighted by molar-refractivity contribution is -0.0323. The van der Waals surface area contributed by atoms with Gasteiger partial charge in [0.1, 0.15) is 18.5 Å². The number of hydrogen-bond acceptors (Lipinski definition) is 7. The van der Waals surface area contributed by atoms with Gasteiger partial charge in [-0.05, 0) is 0 Å². The monoisotopic (exact) mass is 296 g/mol. The molecular formula is C12H17FN6O2. The average molecular weight is 296 g/mol. The number of nitrogens with two attached hydrogens (primary N) is 1. The molecule has 1 saturated heterocycles. The largest absolute Gasteiger partial charge is 0.394 e. The Labute approximate surface area is 120 Å². The molecule has 3 atom stereocenters. The van der Waals surface area contributed by atoms with Gasteiger partial charge in [0.15, 0.2) is 17.0 Å². The molecule has 1 aliphatic rings. The highest BCUT2D eigenvalue weighted by Gasteiger charge is 2.36. The van der Waals surface area contributed by atoms with Gasteiger partial charge >= 0.3 is 0 Å². The van der Waals surface area contributed by atoms with Crippen molar-refractivity contribution in [3.8, 4) is 0 Å². The Bertz CT molecular complexity index is 660. The summed E-state index contributed by atoms with van der Waals surface area (Å²) in [6.07, 6.45) is -0.933. The van der Waals surface area contributed by atoms with Crippen LogP contribution in [0.15, 0.2) is 6.33 Å². The van der Waals surface area contributed by atoms with Gasteiger partial charge < -0.3 is 20.5 Å². The summed E-state index contributed by atoms with van der Waals surface area (Å²) in [6, 6.07) is 0. The normalized spacial score (nSPS) is 25.6. The maximum Gasteiger partial charge on any atom is 0.224 e. The van der Waals surface area contributed by atoms with Crippen molar-refractivity contribution in [1.82, 2.24) is 19.5 Å². The zero-order valence-corrected chi connectivity index (χ0v) is 11.8. The Morgan fingerprint density at radius 3 is 2.90 bits per heavy atom. The third-order valence-corrected chi connectivity index (χ3v) is 3.50. The van der Waals surface area contributed by atoms with Crippen LogP contribution in [-0.4, -0.2) is 57.6 Å². The van der Waals surface area contributed by atoms with E-state index in [2.05, 4.69) is 15.0 Å². The van der Waals surface area contributed by atoms with Crippen molar-refractivity contribution in [1.29, 1.82) is 0 Å². The molecule has 114 valence electrons. The van der Waals surface area contributed by atoms with Crippen LogP contribution in [0, 0.1) is 0 Å². The lowest BCUT2D eigenvalue weighted by Gasteiger charge is -2.15. The first kappa shape index (κ1) is 14.0. The number of alkyl halides is 1. The van der Waals surface area contributed by atoms with E-state index in [4.69, 9.17) is 15.6 Å². The Morgan fingerprint density at radius 1 is 1.52 bits per heavy atom. The summed E-state index contributed by atoms with van der Waals surface area (Å²) < 4.78 is 20.9. The number of halogens is 1. The number of imidazole rings is 1. The first-order valence-electron chi connectivity index (χ1n) is 6.59. The van der Waals surface area contributed by atoms with Crippen LogP contribution >= 0.6 is 0 Å². The van der Waals surface area contributed by atoms with E-state index >= 15 is 0 Å². The van der Waals surface area contributed by atoms with Gasteiger partial charge in [0.25, 0.3) is 0 Å². The van der Waals surface area contributed by atoms with Crippen molar-refractivity contribution in [2.75, 3.05) is 31.3 Å². The molecule has 3 heterocycles. The highest BCUT2D eigenvalue weighted by Crippen LogP contribution is 2.33. The number of hydrogen-bond donors (Lipinski definition) is 2. The molecule has 1 aliphatic heterocycles. The molecule has 2 aromatic heterocycles. The van der Waals surface area contributed by atoms with Crippen LogP contribution in [0.1, 0.15) is 12.6 Å². The second-order valence-corrected chi connectivity index (χ2v) is 5.19. The Balaban J connectivity index is 2.05. The molecule has 0 saturated carbocycles. The molecule has 0 amide bonds. The molecule has 0 aromatic carbocycles. The number of aliphatic hydroxyl groups excluding tert-OH is 1. The summed E-state index contributed by atoms with van der Waals surface area (Å²) in [6.45, 7) is -0.357. The molecule has 3 N–H and O–H groups in total. The van der Waals surface area contributed by atoms with E-state index in [1.165, 1.54) is 6.33 Å². The van der Waals surface area contributed by atoms with Gasteiger partial charge in [-0.1, -0.05) is 0 Å². The Kier molecular flexibility index (Phi) is 3.38. The van der Waals surface area contributed by atoms with Gasteiger partial charge in [0.05, 0.1) is 12.9 Å². The summed E-state index contributed by atoms with van der Waals surface area (Å²) in [7, 11) is 3.65. The molecule has 0 bridgehead atoms. The first-order chi connectivity index (χ1) is 10.0. The van der Waals surface area contributed by atoms with Crippen molar-refractivity contribution < 1.29 is 14.2 Å². The van der Waals surface area contributed by atoms with Gasteiger partial charge in [-0.15, -0.1) is 0 Å². The molecule has 8 nitrogen and oxygen atoms in total. The van der Waals surface area contributed by atoms with Crippen molar-refractivity contribution in [3.63, 3.8) is 0 Å².